The molecule has 0 spiro atoms. The first kappa shape index (κ1) is 15.1. The van der Waals surface area contributed by atoms with Crippen molar-refractivity contribution in [1.82, 2.24) is 9.55 Å². The summed E-state index contributed by atoms with van der Waals surface area (Å²) in [5, 5.41) is 1.70. The Bertz CT molecular complexity index is 1130. The van der Waals surface area contributed by atoms with Gasteiger partial charge in [0.2, 0.25) is 0 Å². The number of carbonyl (C=O) groups excluding carboxylic acids is 2. The van der Waals surface area contributed by atoms with E-state index in [1.165, 1.54) is 7.11 Å². The van der Waals surface area contributed by atoms with Gasteiger partial charge < -0.3 is 9.30 Å². The Kier molecular flexibility index (Phi) is 3.54. The number of ketones is 1. The van der Waals surface area contributed by atoms with Gasteiger partial charge in [-0.05, 0) is 18.2 Å². The van der Waals surface area contributed by atoms with Crippen molar-refractivity contribution >= 4 is 33.6 Å². The van der Waals surface area contributed by atoms with Crippen molar-refractivity contribution in [1.29, 1.82) is 0 Å². The molecule has 0 amide bonds. The number of benzene rings is 2. The van der Waals surface area contributed by atoms with Gasteiger partial charge >= 0.3 is 5.97 Å². The van der Waals surface area contributed by atoms with E-state index in [2.05, 4.69) is 9.72 Å². The summed E-state index contributed by atoms with van der Waals surface area (Å²) < 4.78 is 6.44. The van der Waals surface area contributed by atoms with Gasteiger partial charge in [0.05, 0.1) is 35.6 Å². The summed E-state index contributed by atoms with van der Waals surface area (Å²) in [6.07, 6.45) is 3.41. The number of fused-ring (bicyclic) bond motifs is 2. The van der Waals surface area contributed by atoms with E-state index in [-0.39, 0.29) is 0 Å². The van der Waals surface area contributed by atoms with Gasteiger partial charge in [-0.2, -0.15) is 0 Å². The van der Waals surface area contributed by atoms with Gasteiger partial charge in [0, 0.05) is 17.0 Å². The minimum atomic E-state index is -0.875. The van der Waals surface area contributed by atoms with E-state index in [9.17, 15) is 9.59 Å². The summed E-state index contributed by atoms with van der Waals surface area (Å²) in [5.41, 5.74) is 2.86. The van der Waals surface area contributed by atoms with Gasteiger partial charge in [-0.1, -0.05) is 36.4 Å². The van der Waals surface area contributed by atoms with Crippen LogP contribution in [0.5, 0.6) is 0 Å². The molecule has 0 aliphatic carbocycles. The minimum Gasteiger partial charge on any atom is -0.463 e. The summed E-state index contributed by atoms with van der Waals surface area (Å²) >= 11 is 0. The van der Waals surface area contributed by atoms with Crippen LogP contribution in [0.2, 0.25) is 0 Å². The topological polar surface area (TPSA) is 61.2 Å². The number of rotatable bonds is 3. The Hall–Kier alpha value is -3.47. The summed E-state index contributed by atoms with van der Waals surface area (Å²) in [4.78, 5) is 28.5. The first-order valence-electron chi connectivity index (χ1n) is 7.77. The zero-order valence-corrected chi connectivity index (χ0v) is 13.5. The molecule has 0 aliphatic heterocycles. The average molecular weight is 330 g/mol. The molecule has 0 N–H and O–H groups in total. The molecule has 2 heterocycles. The van der Waals surface area contributed by atoms with Gasteiger partial charge in [-0.25, -0.2) is 4.79 Å². The summed E-state index contributed by atoms with van der Waals surface area (Å²) in [5.74, 6) is -1.54. The van der Waals surface area contributed by atoms with Crippen molar-refractivity contribution in [3.8, 4) is 5.69 Å². The van der Waals surface area contributed by atoms with Crippen LogP contribution in [-0.4, -0.2) is 28.4 Å². The molecule has 4 rings (SSSR count). The number of hydrogen-bond donors (Lipinski definition) is 0. The first-order valence-corrected chi connectivity index (χ1v) is 7.77. The van der Waals surface area contributed by atoms with Crippen LogP contribution < -0.4 is 0 Å². The van der Waals surface area contributed by atoms with Crippen molar-refractivity contribution in [3.63, 3.8) is 0 Å². The lowest BCUT2D eigenvalue weighted by atomic mass is 10.1. The predicted molar refractivity (Wildman–Crippen MR) is 94.9 cm³/mol. The highest BCUT2D eigenvalue weighted by molar-refractivity contribution is 6.43. The number of hydrogen-bond acceptors (Lipinski definition) is 4. The minimum absolute atomic E-state index is 0.315. The van der Waals surface area contributed by atoms with E-state index in [1.807, 2.05) is 59.2 Å². The third kappa shape index (κ3) is 2.46. The van der Waals surface area contributed by atoms with E-state index in [0.29, 0.717) is 10.9 Å². The monoisotopic (exact) mass is 330 g/mol. The third-order valence-corrected chi connectivity index (χ3v) is 4.18. The molecule has 2 aromatic heterocycles. The van der Waals surface area contributed by atoms with E-state index in [4.69, 9.17) is 0 Å². The van der Waals surface area contributed by atoms with Crippen LogP contribution in [0.1, 0.15) is 10.4 Å². The fourth-order valence-corrected chi connectivity index (χ4v) is 2.97. The summed E-state index contributed by atoms with van der Waals surface area (Å²) in [6.45, 7) is 0. The van der Waals surface area contributed by atoms with Gasteiger partial charge in [0.15, 0.2) is 0 Å². The Balaban J connectivity index is 1.95. The Morgan fingerprint density at radius 1 is 1.04 bits per heavy atom. The fourth-order valence-electron chi connectivity index (χ4n) is 2.97. The molecule has 2 aromatic carbocycles. The Labute approximate surface area is 143 Å². The highest BCUT2D eigenvalue weighted by atomic mass is 16.5. The molecule has 5 nitrogen and oxygen atoms in total. The van der Waals surface area contributed by atoms with Crippen molar-refractivity contribution in [2.45, 2.75) is 0 Å². The molecule has 0 saturated carbocycles. The van der Waals surface area contributed by atoms with Gasteiger partial charge in [0.1, 0.15) is 0 Å². The molecule has 5 heteroatoms. The number of para-hydroxylation sites is 2. The van der Waals surface area contributed by atoms with E-state index in [0.717, 1.165) is 22.1 Å². The molecule has 0 unspecified atom stereocenters. The SMILES string of the molecule is COC(=O)C(=O)c1cn(-c2cnc3ccccc3c2)c2ccccc12. The van der Waals surface area contributed by atoms with Crippen LogP contribution in [0.3, 0.4) is 0 Å². The standard InChI is InChI=1S/C20H14N2O3/c1-25-20(24)19(23)16-12-22(18-9-5-3-7-15(16)18)14-10-13-6-2-4-8-17(13)21-11-14/h2-12H,1H3. The van der Waals surface area contributed by atoms with Gasteiger partial charge in [-0.3, -0.25) is 9.78 Å². The van der Waals surface area contributed by atoms with Crippen LogP contribution in [-0.2, 0) is 9.53 Å². The van der Waals surface area contributed by atoms with Crippen LogP contribution >= 0.6 is 0 Å². The summed E-state index contributed by atoms with van der Waals surface area (Å²) in [6, 6.07) is 17.3. The number of esters is 1. The highest BCUT2D eigenvalue weighted by Crippen LogP contribution is 2.26. The van der Waals surface area contributed by atoms with Gasteiger partial charge in [-0.15, -0.1) is 0 Å². The molecule has 0 fully saturated rings. The molecule has 25 heavy (non-hydrogen) atoms. The lowest BCUT2D eigenvalue weighted by Gasteiger charge is -2.06. The highest BCUT2D eigenvalue weighted by Gasteiger charge is 2.22. The number of aromatic nitrogens is 2. The number of pyridine rings is 1. The largest absolute Gasteiger partial charge is 0.463 e. The van der Waals surface area contributed by atoms with Crippen molar-refractivity contribution < 1.29 is 14.3 Å². The number of Topliss-reactive ketones (excluding diaryl/α,β-unsaturated/α-hetero) is 1. The molecular formula is C20H14N2O3. The molecule has 0 radical (unpaired) electrons. The second-order valence-corrected chi connectivity index (χ2v) is 5.64. The van der Waals surface area contributed by atoms with E-state index < -0.39 is 11.8 Å². The molecule has 122 valence electrons. The lowest BCUT2D eigenvalue weighted by Crippen LogP contribution is -2.15. The van der Waals surface area contributed by atoms with Crippen molar-refractivity contribution in [2.24, 2.45) is 0 Å². The molecule has 4 aromatic rings. The third-order valence-electron chi connectivity index (χ3n) is 4.18. The van der Waals surface area contributed by atoms with E-state index in [1.54, 1.807) is 12.4 Å². The molecule has 0 saturated heterocycles. The van der Waals surface area contributed by atoms with Crippen LogP contribution in [0.25, 0.3) is 27.5 Å². The number of nitrogens with zero attached hydrogens (tertiary/aromatic N) is 2. The molecule has 0 bridgehead atoms. The van der Waals surface area contributed by atoms with Crippen LogP contribution in [0.4, 0.5) is 0 Å². The quantitative estimate of drug-likeness (QED) is 0.327. The lowest BCUT2D eigenvalue weighted by molar-refractivity contribution is -0.135. The maximum absolute atomic E-state index is 12.3. The van der Waals surface area contributed by atoms with Gasteiger partial charge in [0.25, 0.3) is 5.78 Å². The van der Waals surface area contributed by atoms with Crippen molar-refractivity contribution in [2.75, 3.05) is 7.11 Å². The van der Waals surface area contributed by atoms with Crippen LogP contribution in [0, 0.1) is 0 Å². The van der Waals surface area contributed by atoms with Crippen LogP contribution in [0.15, 0.2) is 67.0 Å². The Morgan fingerprint density at radius 3 is 2.64 bits per heavy atom. The molecule has 0 aliphatic rings. The number of carbonyl (C=O) groups is 2. The number of ether oxygens (including phenoxy) is 1. The second kappa shape index (κ2) is 5.87. The molecule has 0 atom stereocenters. The maximum Gasteiger partial charge on any atom is 0.379 e. The normalized spacial score (nSPS) is 10.9. The van der Waals surface area contributed by atoms with Crippen molar-refractivity contribution in [3.05, 3.63) is 72.6 Å². The maximum atomic E-state index is 12.3. The zero-order valence-electron chi connectivity index (χ0n) is 13.5. The fraction of sp³-hybridized carbons (Fsp3) is 0.0500. The second-order valence-electron chi connectivity index (χ2n) is 5.64. The average Bonchev–Trinajstić information content (AvgIpc) is 3.06. The summed E-state index contributed by atoms with van der Waals surface area (Å²) in [7, 11) is 1.20. The molecular weight excluding hydrogens is 316 g/mol. The van der Waals surface area contributed by atoms with E-state index >= 15 is 0 Å². The Morgan fingerprint density at radius 2 is 1.80 bits per heavy atom. The zero-order chi connectivity index (χ0) is 17.4. The first-order chi connectivity index (χ1) is 12.2. The smallest absolute Gasteiger partial charge is 0.379 e. The predicted octanol–water partition coefficient (Wildman–Crippen LogP) is 3.53. The number of methoxy groups -OCH3 is 1.